The third-order valence-electron chi connectivity index (χ3n) is 4.51. The van der Waals surface area contributed by atoms with Crippen molar-refractivity contribution in [3.63, 3.8) is 0 Å². The summed E-state index contributed by atoms with van der Waals surface area (Å²) in [7, 11) is 0. The first kappa shape index (κ1) is 18.3. The Kier molecular flexibility index (Phi) is 5.74. The van der Waals surface area contributed by atoms with Gasteiger partial charge in [-0.2, -0.15) is 0 Å². The van der Waals surface area contributed by atoms with Gasteiger partial charge in [0.2, 0.25) is 0 Å². The first-order chi connectivity index (χ1) is 13.8. The van der Waals surface area contributed by atoms with E-state index in [0.29, 0.717) is 19.1 Å². The van der Waals surface area contributed by atoms with Crippen molar-refractivity contribution < 1.29 is 9.47 Å². The molecule has 4 aromatic rings. The van der Waals surface area contributed by atoms with Crippen molar-refractivity contribution in [3.05, 3.63) is 102 Å². The van der Waals surface area contributed by atoms with Gasteiger partial charge in [-0.3, -0.25) is 0 Å². The Morgan fingerprint density at radius 3 is 2.21 bits per heavy atom. The minimum absolute atomic E-state index is 0.406. The predicted molar refractivity (Wildman–Crippen MR) is 113 cm³/mol. The third kappa shape index (κ3) is 4.44. The molecular weight excluding hydrogens is 370 g/mol. The number of para-hydroxylation sites is 1. The molecule has 0 fully saturated rings. The van der Waals surface area contributed by atoms with Gasteiger partial charge in [0, 0.05) is 17.3 Å². The van der Waals surface area contributed by atoms with Crippen molar-refractivity contribution >= 4 is 22.5 Å². The Morgan fingerprint density at radius 2 is 1.39 bits per heavy atom. The van der Waals surface area contributed by atoms with Crippen LogP contribution in [0, 0.1) is 0 Å². The molecule has 4 rings (SSSR count). The number of benzene rings is 3. The molecule has 0 aliphatic heterocycles. The molecule has 0 atom stereocenters. The lowest BCUT2D eigenvalue weighted by Crippen LogP contribution is -2.00. The number of aromatic nitrogens is 1. The van der Waals surface area contributed by atoms with E-state index < -0.39 is 0 Å². The average molecular weight is 390 g/mol. The van der Waals surface area contributed by atoms with Crippen molar-refractivity contribution in [2.24, 2.45) is 0 Å². The summed E-state index contributed by atoms with van der Waals surface area (Å²) in [6, 6.07) is 27.8. The molecule has 0 saturated heterocycles. The highest BCUT2D eigenvalue weighted by Gasteiger charge is 2.04. The highest BCUT2D eigenvalue weighted by atomic mass is 35.5. The summed E-state index contributed by atoms with van der Waals surface area (Å²) < 4.78 is 11.8. The zero-order valence-corrected chi connectivity index (χ0v) is 16.1. The molecule has 0 saturated carbocycles. The van der Waals surface area contributed by atoms with Crippen LogP contribution in [-0.4, -0.2) is 4.98 Å². The van der Waals surface area contributed by atoms with E-state index in [1.165, 1.54) is 0 Å². The predicted octanol–water partition coefficient (Wildman–Crippen LogP) is 6.13. The second kappa shape index (κ2) is 8.77. The molecule has 0 amide bonds. The van der Waals surface area contributed by atoms with Crippen molar-refractivity contribution in [1.82, 2.24) is 4.98 Å². The second-order valence-electron chi connectivity index (χ2n) is 6.45. The first-order valence-corrected chi connectivity index (χ1v) is 9.68. The fraction of sp³-hybridized carbons (Fsp3) is 0.125. The molecule has 3 aromatic carbocycles. The molecule has 140 valence electrons. The van der Waals surface area contributed by atoms with Crippen LogP contribution in [0.5, 0.6) is 11.5 Å². The Labute approximate surface area is 169 Å². The summed E-state index contributed by atoms with van der Waals surface area (Å²) in [6.45, 7) is 0.877. The quantitative estimate of drug-likeness (QED) is 0.356. The lowest BCUT2D eigenvalue weighted by molar-refractivity contribution is 0.287. The van der Waals surface area contributed by atoms with E-state index in [1.54, 1.807) is 0 Å². The van der Waals surface area contributed by atoms with E-state index in [2.05, 4.69) is 17.1 Å². The molecule has 3 nitrogen and oxygen atoms in total. The monoisotopic (exact) mass is 389 g/mol. The first-order valence-electron chi connectivity index (χ1n) is 9.15. The molecule has 0 spiro atoms. The minimum Gasteiger partial charge on any atom is -0.489 e. The van der Waals surface area contributed by atoms with Crippen molar-refractivity contribution in [3.8, 4) is 11.5 Å². The van der Waals surface area contributed by atoms with E-state index in [1.807, 2.05) is 72.8 Å². The standard InChI is InChI=1S/C24H20ClNO2/c25-15-19-7-1-2-8-20(19)16-27-22-9-5-10-23(14-22)28-17-21-13-12-18-6-3-4-11-24(18)26-21/h1-14H,15-17H2. The average Bonchev–Trinajstić information content (AvgIpc) is 2.76. The molecule has 4 heteroatoms. The van der Waals surface area contributed by atoms with Gasteiger partial charge in [0.25, 0.3) is 0 Å². The number of halogens is 1. The van der Waals surface area contributed by atoms with Gasteiger partial charge >= 0.3 is 0 Å². The van der Waals surface area contributed by atoms with Crippen molar-refractivity contribution in [2.45, 2.75) is 19.1 Å². The Morgan fingerprint density at radius 1 is 0.679 bits per heavy atom. The van der Waals surface area contributed by atoms with E-state index in [-0.39, 0.29) is 0 Å². The topological polar surface area (TPSA) is 31.4 Å². The summed E-state index contributed by atoms with van der Waals surface area (Å²) >= 11 is 5.99. The van der Waals surface area contributed by atoms with Crippen molar-refractivity contribution in [1.29, 1.82) is 0 Å². The van der Waals surface area contributed by atoms with Crippen LogP contribution >= 0.6 is 11.6 Å². The molecule has 0 aliphatic carbocycles. The normalized spacial score (nSPS) is 10.8. The number of pyridine rings is 1. The molecule has 0 aliphatic rings. The number of ether oxygens (including phenoxy) is 2. The minimum atomic E-state index is 0.406. The molecule has 0 bridgehead atoms. The largest absolute Gasteiger partial charge is 0.489 e. The highest BCUT2D eigenvalue weighted by molar-refractivity contribution is 6.17. The maximum absolute atomic E-state index is 5.99. The van der Waals surface area contributed by atoms with Crippen LogP contribution in [0.15, 0.2) is 84.9 Å². The molecule has 0 unspecified atom stereocenters. The van der Waals surface area contributed by atoms with E-state index in [0.717, 1.165) is 39.2 Å². The summed E-state index contributed by atoms with van der Waals surface area (Å²) in [6.07, 6.45) is 0. The summed E-state index contributed by atoms with van der Waals surface area (Å²) in [5, 5.41) is 1.12. The number of alkyl halides is 1. The van der Waals surface area contributed by atoms with Gasteiger partial charge in [-0.15, -0.1) is 11.6 Å². The van der Waals surface area contributed by atoms with Gasteiger partial charge in [0.1, 0.15) is 24.7 Å². The number of nitrogens with zero attached hydrogens (tertiary/aromatic N) is 1. The molecule has 1 heterocycles. The lowest BCUT2D eigenvalue weighted by atomic mass is 10.1. The van der Waals surface area contributed by atoms with E-state index in [4.69, 9.17) is 21.1 Å². The van der Waals surface area contributed by atoms with Crippen LogP contribution in [0.2, 0.25) is 0 Å². The molecule has 1 aromatic heterocycles. The van der Waals surface area contributed by atoms with Crippen LogP contribution in [0.25, 0.3) is 10.9 Å². The molecule has 28 heavy (non-hydrogen) atoms. The van der Waals surface area contributed by atoms with Gasteiger partial charge in [0.05, 0.1) is 11.2 Å². The lowest BCUT2D eigenvalue weighted by Gasteiger charge is -2.11. The zero-order valence-electron chi connectivity index (χ0n) is 15.3. The van der Waals surface area contributed by atoms with Crippen LogP contribution in [-0.2, 0) is 19.1 Å². The zero-order chi connectivity index (χ0) is 19.2. The summed E-state index contributed by atoms with van der Waals surface area (Å²) in [5.74, 6) is 1.98. The fourth-order valence-corrected chi connectivity index (χ4v) is 3.25. The van der Waals surface area contributed by atoms with Gasteiger partial charge in [-0.1, -0.05) is 54.6 Å². The van der Waals surface area contributed by atoms with E-state index >= 15 is 0 Å². The maximum atomic E-state index is 5.99. The Bertz CT molecular complexity index is 1080. The number of fused-ring (bicyclic) bond motifs is 1. The van der Waals surface area contributed by atoms with E-state index in [9.17, 15) is 0 Å². The maximum Gasteiger partial charge on any atom is 0.130 e. The number of hydrogen-bond donors (Lipinski definition) is 0. The van der Waals surface area contributed by atoms with Crippen LogP contribution in [0.4, 0.5) is 0 Å². The molecule has 0 N–H and O–H groups in total. The summed E-state index contributed by atoms with van der Waals surface area (Å²) in [4.78, 5) is 4.64. The highest BCUT2D eigenvalue weighted by Crippen LogP contribution is 2.22. The van der Waals surface area contributed by atoms with Gasteiger partial charge < -0.3 is 9.47 Å². The van der Waals surface area contributed by atoms with Crippen molar-refractivity contribution in [2.75, 3.05) is 0 Å². The summed E-state index contributed by atoms with van der Waals surface area (Å²) in [5.41, 5.74) is 4.03. The van der Waals surface area contributed by atoms with Gasteiger partial charge in [-0.05, 0) is 35.4 Å². The fourth-order valence-electron chi connectivity index (χ4n) is 2.99. The van der Waals surface area contributed by atoms with Crippen LogP contribution < -0.4 is 9.47 Å². The SMILES string of the molecule is ClCc1ccccc1COc1cccc(OCc2ccc3ccccc3n2)c1. The smallest absolute Gasteiger partial charge is 0.130 e. The van der Waals surface area contributed by atoms with Gasteiger partial charge in [0.15, 0.2) is 0 Å². The molecule has 0 radical (unpaired) electrons. The van der Waals surface area contributed by atoms with Gasteiger partial charge in [-0.25, -0.2) is 4.98 Å². The van der Waals surface area contributed by atoms with Crippen LogP contribution in [0.1, 0.15) is 16.8 Å². The van der Waals surface area contributed by atoms with Crippen LogP contribution in [0.3, 0.4) is 0 Å². The Hall–Kier alpha value is -3.04. The Balaban J connectivity index is 1.40. The second-order valence-corrected chi connectivity index (χ2v) is 6.72. The number of rotatable bonds is 7. The number of hydrogen-bond acceptors (Lipinski definition) is 3. The molecular formula is C24H20ClNO2. The third-order valence-corrected chi connectivity index (χ3v) is 4.79.